The van der Waals surface area contributed by atoms with Gasteiger partial charge < -0.3 is 9.64 Å². The van der Waals surface area contributed by atoms with E-state index in [0.717, 1.165) is 18.1 Å². The zero-order chi connectivity index (χ0) is 12.4. The standard InChI is InChI=1S/C16H24NO/c1-18-16-7-3-2-6-15(16)14-5-4-10-17(12-14)11-13-8-9-13/h3,6-7,13-14H,2,4-5,8-12H2,1H3. The van der Waals surface area contributed by atoms with Crippen LogP contribution in [0.3, 0.4) is 0 Å². The molecule has 1 saturated carbocycles. The summed E-state index contributed by atoms with van der Waals surface area (Å²) in [5.41, 5.74) is 1.46. The molecule has 0 N–H and O–H groups in total. The molecule has 1 aliphatic heterocycles. The molecule has 18 heavy (non-hydrogen) atoms. The van der Waals surface area contributed by atoms with Gasteiger partial charge in [-0.3, -0.25) is 0 Å². The molecule has 0 amide bonds. The van der Waals surface area contributed by atoms with Gasteiger partial charge in [0.05, 0.1) is 7.11 Å². The van der Waals surface area contributed by atoms with Gasteiger partial charge in [0.15, 0.2) is 0 Å². The minimum Gasteiger partial charge on any atom is -0.497 e. The molecule has 2 nitrogen and oxygen atoms in total. The summed E-state index contributed by atoms with van der Waals surface area (Å²) >= 11 is 0. The van der Waals surface area contributed by atoms with E-state index in [1.807, 2.05) is 0 Å². The second-order valence-electron chi connectivity index (χ2n) is 5.91. The first-order valence-electron chi connectivity index (χ1n) is 7.37. The summed E-state index contributed by atoms with van der Waals surface area (Å²) in [5.74, 6) is 2.80. The van der Waals surface area contributed by atoms with Crippen LogP contribution in [0.2, 0.25) is 0 Å². The first kappa shape index (κ1) is 12.3. The maximum Gasteiger partial charge on any atom is 0.118 e. The molecule has 2 fully saturated rings. The number of hydrogen-bond acceptors (Lipinski definition) is 2. The molecule has 2 heteroatoms. The van der Waals surface area contributed by atoms with Crippen LogP contribution >= 0.6 is 0 Å². The summed E-state index contributed by atoms with van der Waals surface area (Å²) in [7, 11) is 1.80. The van der Waals surface area contributed by atoms with E-state index in [9.17, 15) is 0 Å². The topological polar surface area (TPSA) is 12.5 Å². The zero-order valence-corrected chi connectivity index (χ0v) is 11.4. The predicted molar refractivity (Wildman–Crippen MR) is 74.0 cm³/mol. The number of hydrogen-bond donors (Lipinski definition) is 0. The molecule has 0 aromatic carbocycles. The van der Waals surface area contributed by atoms with Crippen LogP contribution in [-0.2, 0) is 4.74 Å². The van der Waals surface area contributed by atoms with Gasteiger partial charge in [0.25, 0.3) is 0 Å². The van der Waals surface area contributed by atoms with E-state index in [4.69, 9.17) is 4.74 Å². The molecule has 1 heterocycles. The summed E-state index contributed by atoms with van der Waals surface area (Å²) in [6.07, 6.45) is 13.4. The minimum absolute atomic E-state index is 0.692. The number of rotatable bonds is 4. The lowest BCUT2D eigenvalue weighted by Crippen LogP contribution is -2.37. The van der Waals surface area contributed by atoms with Crippen LogP contribution < -0.4 is 0 Å². The zero-order valence-electron chi connectivity index (χ0n) is 11.4. The van der Waals surface area contributed by atoms with Gasteiger partial charge in [-0.1, -0.05) is 6.08 Å². The van der Waals surface area contributed by atoms with Crippen molar-refractivity contribution in [1.82, 2.24) is 4.90 Å². The summed E-state index contributed by atoms with van der Waals surface area (Å²) < 4.78 is 5.53. The Bertz CT molecular complexity index is 354. The lowest BCUT2D eigenvalue weighted by Gasteiger charge is -2.35. The monoisotopic (exact) mass is 246 g/mol. The molecule has 1 unspecified atom stereocenters. The van der Waals surface area contributed by atoms with E-state index in [2.05, 4.69) is 23.5 Å². The average molecular weight is 246 g/mol. The van der Waals surface area contributed by atoms with Crippen molar-refractivity contribution in [2.75, 3.05) is 26.7 Å². The third kappa shape index (κ3) is 2.80. The first-order valence-corrected chi connectivity index (χ1v) is 7.37. The van der Waals surface area contributed by atoms with Gasteiger partial charge in [0, 0.05) is 13.1 Å². The highest BCUT2D eigenvalue weighted by molar-refractivity contribution is 5.33. The molecular formula is C16H24NO. The Labute approximate surface area is 111 Å². The Hall–Kier alpha value is -0.760. The van der Waals surface area contributed by atoms with Crippen molar-refractivity contribution < 1.29 is 4.74 Å². The lowest BCUT2D eigenvalue weighted by atomic mass is 9.85. The third-order valence-corrected chi connectivity index (χ3v) is 4.41. The molecule has 99 valence electrons. The van der Waals surface area contributed by atoms with E-state index in [1.54, 1.807) is 7.11 Å². The number of methoxy groups -OCH3 is 1. The summed E-state index contributed by atoms with van der Waals surface area (Å²) in [6.45, 7) is 3.88. The van der Waals surface area contributed by atoms with Gasteiger partial charge in [-0.25, -0.2) is 0 Å². The van der Waals surface area contributed by atoms with Crippen molar-refractivity contribution in [3.8, 4) is 0 Å². The predicted octanol–water partition coefficient (Wildman–Crippen LogP) is 3.17. The van der Waals surface area contributed by atoms with Crippen molar-refractivity contribution in [2.45, 2.75) is 32.1 Å². The molecule has 1 radical (unpaired) electrons. The summed E-state index contributed by atoms with van der Waals surface area (Å²) in [4.78, 5) is 2.68. The van der Waals surface area contributed by atoms with Crippen LogP contribution in [-0.4, -0.2) is 31.6 Å². The van der Waals surface area contributed by atoms with E-state index in [1.165, 1.54) is 50.9 Å². The normalized spacial score (nSPS) is 29.7. The van der Waals surface area contributed by atoms with Crippen LogP contribution in [0.15, 0.2) is 23.5 Å². The largest absolute Gasteiger partial charge is 0.497 e. The fourth-order valence-electron chi connectivity index (χ4n) is 3.26. The second kappa shape index (κ2) is 5.48. The van der Waals surface area contributed by atoms with E-state index >= 15 is 0 Å². The van der Waals surface area contributed by atoms with Crippen molar-refractivity contribution >= 4 is 0 Å². The number of piperidine rings is 1. The molecule has 0 aromatic rings. The SMILES string of the molecule is COC1=C(C2CCCN(CC3CC3)C2)[CH]CC=C1. The van der Waals surface area contributed by atoms with Crippen molar-refractivity contribution in [3.63, 3.8) is 0 Å². The fourth-order valence-corrected chi connectivity index (χ4v) is 3.26. The van der Waals surface area contributed by atoms with Gasteiger partial charge in [-0.15, -0.1) is 0 Å². The van der Waals surface area contributed by atoms with E-state index in [0.29, 0.717) is 5.92 Å². The van der Waals surface area contributed by atoms with Crippen LogP contribution in [0.1, 0.15) is 32.1 Å². The Morgan fingerprint density at radius 3 is 3.00 bits per heavy atom. The van der Waals surface area contributed by atoms with Crippen molar-refractivity contribution in [1.29, 1.82) is 0 Å². The third-order valence-electron chi connectivity index (χ3n) is 4.41. The van der Waals surface area contributed by atoms with E-state index < -0.39 is 0 Å². The highest BCUT2D eigenvalue weighted by atomic mass is 16.5. The molecule has 2 aliphatic carbocycles. The molecule has 0 bridgehead atoms. The van der Waals surface area contributed by atoms with Crippen LogP contribution in [0.25, 0.3) is 0 Å². The molecule has 3 rings (SSSR count). The molecule has 0 aromatic heterocycles. The van der Waals surface area contributed by atoms with Gasteiger partial charge in [-0.2, -0.15) is 0 Å². The molecule has 1 atom stereocenters. The van der Waals surface area contributed by atoms with Gasteiger partial charge in [-0.05, 0) is 68.6 Å². The first-order chi connectivity index (χ1) is 8.86. The van der Waals surface area contributed by atoms with Crippen molar-refractivity contribution in [2.24, 2.45) is 11.8 Å². The fraction of sp³-hybridized carbons (Fsp3) is 0.688. The Morgan fingerprint density at radius 1 is 1.33 bits per heavy atom. The summed E-state index contributed by atoms with van der Waals surface area (Å²) in [6, 6.07) is 0. The number of allylic oxidation sites excluding steroid dienone is 2. The molecular weight excluding hydrogens is 222 g/mol. The van der Waals surface area contributed by atoms with Crippen LogP contribution in [0, 0.1) is 18.3 Å². The summed E-state index contributed by atoms with van der Waals surface area (Å²) in [5, 5.41) is 0. The average Bonchev–Trinajstić information content (AvgIpc) is 3.23. The highest BCUT2D eigenvalue weighted by Gasteiger charge is 2.30. The number of ether oxygens (including phenoxy) is 1. The van der Waals surface area contributed by atoms with Gasteiger partial charge in [0.2, 0.25) is 0 Å². The quantitative estimate of drug-likeness (QED) is 0.755. The second-order valence-corrected chi connectivity index (χ2v) is 5.91. The lowest BCUT2D eigenvalue weighted by molar-refractivity contribution is 0.180. The maximum atomic E-state index is 5.53. The minimum atomic E-state index is 0.692. The van der Waals surface area contributed by atoms with E-state index in [-0.39, 0.29) is 0 Å². The molecule has 1 saturated heterocycles. The van der Waals surface area contributed by atoms with Crippen LogP contribution in [0.5, 0.6) is 0 Å². The number of likely N-dealkylation sites (tertiary alicyclic amines) is 1. The molecule has 0 spiro atoms. The number of nitrogens with zero attached hydrogens (tertiary/aromatic N) is 1. The Morgan fingerprint density at radius 2 is 2.22 bits per heavy atom. The van der Waals surface area contributed by atoms with Gasteiger partial charge >= 0.3 is 0 Å². The van der Waals surface area contributed by atoms with Crippen molar-refractivity contribution in [3.05, 3.63) is 29.9 Å². The highest BCUT2D eigenvalue weighted by Crippen LogP contribution is 2.34. The molecule has 3 aliphatic rings. The Kier molecular flexibility index (Phi) is 3.74. The Balaban J connectivity index is 1.66. The smallest absolute Gasteiger partial charge is 0.118 e. The van der Waals surface area contributed by atoms with Crippen LogP contribution in [0.4, 0.5) is 0 Å². The van der Waals surface area contributed by atoms with Gasteiger partial charge in [0.1, 0.15) is 5.76 Å². The maximum absolute atomic E-state index is 5.53.